The summed E-state index contributed by atoms with van der Waals surface area (Å²) in [5, 5.41) is 0. The zero-order valence-electron chi connectivity index (χ0n) is 5.44. The van der Waals surface area contributed by atoms with Gasteiger partial charge in [-0.1, -0.05) is 11.9 Å². The van der Waals surface area contributed by atoms with Crippen molar-refractivity contribution in [2.75, 3.05) is 31.1 Å². The van der Waals surface area contributed by atoms with E-state index < -0.39 is 0 Å². The standard InChI is InChI=1S/C5H11Cl2NS/c1-9-8(4-2-6)5-3-7/h2-5H2,1H3. The van der Waals surface area contributed by atoms with Gasteiger partial charge in [0.1, 0.15) is 0 Å². The molecule has 1 nitrogen and oxygen atoms in total. The highest BCUT2D eigenvalue weighted by molar-refractivity contribution is 7.96. The Hall–Kier alpha value is 0.890. The van der Waals surface area contributed by atoms with E-state index >= 15 is 0 Å². The topological polar surface area (TPSA) is 3.24 Å². The number of nitrogens with zero attached hydrogens (tertiary/aromatic N) is 1. The van der Waals surface area contributed by atoms with Crippen molar-refractivity contribution < 1.29 is 0 Å². The van der Waals surface area contributed by atoms with Crippen molar-refractivity contribution in [3.8, 4) is 0 Å². The molecule has 0 aromatic heterocycles. The fourth-order valence-corrected chi connectivity index (χ4v) is 1.64. The highest BCUT2D eigenvalue weighted by atomic mass is 35.5. The van der Waals surface area contributed by atoms with Crippen molar-refractivity contribution in [1.82, 2.24) is 4.31 Å². The van der Waals surface area contributed by atoms with E-state index in [9.17, 15) is 0 Å². The van der Waals surface area contributed by atoms with Crippen LogP contribution in [0.5, 0.6) is 0 Å². The Kier molecular flexibility index (Phi) is 7.69. The van der Waals surface area contributed by atoms with Gasteiger partial charge in [-0.2, -0.15) is 0 Å². The molecule has 0 aromatic rings. The number of rotatable bonds is 5. The Morgan fingerprint density at radius 3 is 1.89 bits per heavy atom. The Morgan fingerprint density at radius 1 is 1.22 bits per heavy atom. The Labute approximate surface area is 70.8 Å². The first-order valence-electron chi connectivity index (χ1n) is 2.76. The first-order valence-corrected chi connectivity index (χ1v) is 5.01. The van der Waals surface area contributed by atoms with Gasteiger partial charge >= 0.3 is 0 Å². The third-order valence-corrected chi connectivity index (χ3v) is 2.15. The van der Waals surface area contributed by atoms with Crippen LogP contribution in [0.4, 0.5) is 0 Å². The quantitative estimate of drug-likeness (QED) is 0.479. The molecular weight excluding hydrogens is 177 g/mol. The van der Waals surface area contributed by atoms with Gasteiger partial charge in [-0.25, -0.2) is 4.31 Å². The minimum absolute atomic E-state index is 0.678. The molecule has 0 aromatic carbocycles. The van der Waals surface area contributed by atoms with Crippen LogP contribution in [-0.4, -0.2) is 35.4 Å². The predicted octanol–water partition coefficient (Wildman–Crippen LogP) is 2.04. The molecule has 0 aliphatic carbocycles. The molecule has 0 bridgehead atoms. The van der Waals surface area contributed by atoms with Gasteiger partial charge in [-0.05, 0) is 6.26 Å². The second kappa shape index (κ2) is 7.00. The van der Waals surface area contributed by atoms with Crippen molar-refractivity contribution in [3.05, 3.63) is 0 Å². The molecule has 0 rings (SSSR count). The second-order valence-electron chi connectivity index (χ2n) is 1.49. The summed E-state index contributed by atoms with van der Waals surface area (Å²) in [6.07, 6.45) is 2.03. The summed E-state index contributed by atoms with van der Waals surface area (Å²) in [5.74, 6) is 1.36. The average molecular weight is 188 g/mol. The Bertz CT molecular complexity index is 56.9. The van der Waals surface area contributed by atoms with Crippen LogP contribution >= 0.6 is 35.1 Å². The fourth-order valence-electron chi connectivity index (χ4n) is 0.483. The third kappa shape index (κ3) is 5.34. The summed E-state index contributed by atoms with van der Waals surface area (Å²) in [4.78, 5) is 0. The largest absolute Gasteiger partial charge is 0.248 e. The smallest absolute Gasteiger partial charge is 0.0360 e. The molecule has 0 spiro atoms. The summed E-state index contributed by atoms with van der Waals surface area (Å²) in [7, 11) is 0. The second-order valence-corrected chi connectivity index (χ2v) is 3.13. The van der Waals surface area contributed by atoms with Crippen LogP contribution < -0.4 is 0 Å². The molecule has 0 radical (unpaired) electrons. The molecule has 0 heterocycles. The lowest BCUT2D eigenvalue weighted by Gasteiger charge is -2.14. The average Bonchev–Trinajstić information content (AvgIpc) is 1.88. The first kappa shape index (κ1) is 9.89. The molecular formula is C5H11Cl2NS. The lowest BCUT2D eigenvalue weighted by atomic mass is 10.7. The molecule has 0 atom stereocenters. The van der Waals surface area contributed by atoms with Gasteiger partial charge in [0.05, 0.1) is 0 Å². The molecule has 56 valence electrons. The van der Waals surface area contributed by atoms with Crippen LogP contribution in [0.25, 0.3) is 0 Å². The van der Waals surface area contributed by atoms with Crippen LogP contribution in [0, 0.1) is 0 Å². The number of hydrogen-bond acceptors (Lipinski definition) is 2. The van der Waals surface area contributed by atoms with Crippen molar-refractivity contribution >= 4 is 35.1 Å². The van der Waals surface area contributed by atoms with E-state index in [1.807, 2.05) is 6.26 Å². The zero-order chi connectivity index (χ0) is 7.11. The zero-order valence-corrected chi connectivity index (χ0v) is 7.77. The highest BCUT2D eigenvalue weighted by Crippen LogP contribution is 2.04. The van der Waals surface area contributed by atoms with E-state index in [1.54, 1.807) is 11.9 Å². The molecule has 0 amide bonds. The third-order valence-electron chi connectivity index (χ3n) is 0.926. The van der Waals surface area contributed by atoms with Crippen molar-refractivity contribution in [1.29, 1.82) is 0 Å². The molecule has 0 aliphatic heterocycles. The van der Waals surface area contributed by atoms with Crippen LogP contribution in [0.15, 0.2) is 0 Å². The van der Waals surface area contributed by atoms with E-state index in [0.29, 0.717) is 11.8 Å². The van der Waals surface area contributed by atoms with Crippen molar-refractivity contribution in [3.63, 3.8) is 0 Å². The maximum atomic E-state index is 5.51. The Morgan fingerprint density at radius 2 is 1.67 bits per heavy atom. The molecule has 9 heavy (non-hydrogen) atoms. The highest BCUT2D eigenvalue weighted by Gasteiger charge is 1.98. The summed E-state index contributed by atoms with van der Waals surface area (Å²) < 4.78 is 2.14. The van der Waals surface area contributed by atoms with E-state index in [-0.39, 0.29) is 0 Å². The number of alkyl halides is 2. The van der Waals surface area contributed by atoms with Gasteiger partial charge < -0.3 is 0 Å². The number of hydrogen-bond donors (Lipinski definition) is 0. The maximum Gasteiger partial charge on any atom is 0.0360 e. The molecule has 0 aliphatic rings. The van der Waals surface area contributed by atoms with Crippen LogP contribution in [0.2, 0.25) is 0 Å². The molecule has 4 heteroatoms. The van der Waals surface area contributed by atoms with Gasteiger partial charge in [0.25, 0.3) is 0 Å². The molecule has 0 fully saturated rings. The van der Waals surface area contributed by atoms with E-state index in [2.05, 4.69) is 4.31 Å². The molecule has 0 N–H and O–H groups in total. The summed E-state index contributed by atoms with van der Waals surface area (Å²) >= 11 is 12.7. The maximum absolute atomic E-state index is 5.51. The minimum Gasteiger partial charge on any atom is -0.248 e. The molecule has 0 saturated carbocycles. The molecule has 0 unspecified atom stereocenters. The van der Waals surface area contributed by atoms with Gasteiger partial charge in [-0.15, -0.1) is 23.2 Å². The first-order chi connectivity index (χ1) is 4.35. The Balaban J connectivity index is 3.18. The molecule has 0 saturated heterocycles. The monoisotopic (exact) mass is 187 g/mol. The normalized spacial score (nSPS) is 10.7. The SMILES string of the molecule is CSN(CCCl)CCCl. The summed E-state index contributed by atoms with van der Waals surface area (Å²) in [5.41, 5.74) is 0. The van der Waals surface area contributed by atoms with Gasteiger partial charge in [0.2, 0.25) is 0 Å². The number of halogens is 2. The van der Waals surface area contributed by atoms with E-state index in [0.717, 1.165) is 13.1 Å². The lowest BCUT2D eigenvalue weighted by Crippen LogP contribution is -2.19. The van der Waals surface area contributed by atoms with Gasteiger partial charge in [0.15, 0.2) is 0 Å². The summed E-state index contributed by atoms with van der Waals surface area (Å²) in [6, 6.07) is 0. The summed E-state index contributed by atoms with van der Waals surface area (Å²) in [6.45, 7) is 1.82. The minimum atomic E-state index is 0.678. The van der Waals surface area contributed by atoms with Crippen LogP contribution in [-0.2, 0) is 0 Å². The van der Waals surface area contributed by atoms with E-state index in [1.165, 1.54) is 0 Å². The van der Waals surface area contributed by atoms with Gasteiger partial charge in [-0.3, -0.25) is 0 Å². The van der Waals surface area contributed by atoms with Crippen LogP contribution in [0.1, 0.15) is 0 Å². The predicted molar refractivity (Wildman–Crippen MR) is 46.5 cm³/mol. The van der Waals surface area contributed by atoms with Crippen molar-refractivity contribution in [2.24, 2.45) is 0 Å². The van der Waals surface area contributed by atoms with Gasteiger partial charge in [0, 0.05) is 24.8 Å². The lowest BCUT2D eigenvalue weighted by molar-refractivity contribution is 0.532. The van der Waals surface area contributed by atoms with Crippen molar-refractivity contribution in [2.45, 2.75) is 0 Å². The van der Waals surface area contributed by atoms with Crippen LogP contribution in [0.3, 0.4) is 0 Å². The fraction of sp³-hybridized carbons (Fsp3) is 1.00. The van der Waals surface area contributed by atoms with E-state index in [4.69, 9.17) is 23.2 Å².